The van der Waals surface area contributed by atoms with Crippen molar-refractivity contribution in [1.82, 2.24) is 0 Å². The molecular formula is C7H7ClO2. The van der Waals surface area contributed by atoms with Gasteiger partial charge in [-0.25, -0.2) is 0 Å². The zero-order chi connectivity index (χ0) is 7.56. The van der Waals surface area contributed by atoms with Gasteiger partial charge in [-0.15, -0.1) is 11.6 Å². The highest BCUT2D eigenvalue weighted by molar-refractivity contribution is 6.30. The lowest BCUT2D eigenvalue weighted by Gasteiger charge is -1.90. The molecule has 2 nitrogen and oxygen atoms in total. The Morgan fingerprint density at radius 1 is 1.80 bits per heavy atom. The second-order valence-electron chi connectivity index (χ2n) is 1.95. The molecule has 0 aliphatic rings. The fourth-order valence-electron chi connectivity index (χ4n) is 0.746. The van der Waals surface area contributed by atoms with Crippen LogP contribution in [0.5, 0.6) is 0 Å². The van der Waals surface area contributed by atoms with Crippen molar-refractivity contribution in [2.45, 2.75) is 6.92 Å². The van der Waals surface area contributed by atoms with E-state index in [0.717, 1.165) is 0 Å². The topological polar surface area (TPSA) is 30.2 Å². The zero-order valence-corrected chi connectivity index (χ0v) is 6.31. The van der Waals surface area contributed by atoms with Crippen LogP contribution < -0.4 is 0 Å². The largest absolute Gasteiger partial charge is 0.469 e. The first-order valence-corrected chi connectivity index (χ1v) is 3.42. The number of aryl methyl sites for hydroxylation is 1. The van der Waals surface area contributed by atoms with Gasteiger partial charge in [-0.05, 0) is 13.0 Å². The summed E-state index contributed by atoms with van der Waals surface area (Å²) in [5.74, 6) is 0.555. The van der Waals surface area contributed by atoms with Crippen molar-refractivity contribution in [3.63, 3.8) is 0 Å². The van der Waals surface area contributed by atoms with Gasteiger partial charge in [0, 0.05) is 0 Å². The molecule has 10 heavy (non-hydrogen) atoms. The first kappa shape index (κ1) is 7.35. The van der Waals surface area contributed by atoms with E-state index in [-0.39, 0.29) is 11.7 Å². The molecule has 0 aliphatic carbocycles. The maximum atomic E-state index is 10.9. The number of hydrogen-bond donors (Lipinski definition) is 0. The van der Waals surface area contributed by atoms with Gasteiger partial charge in [0.25, 0.3) is 0 Å². The summed E-state index contributed by atoms with van der Waals surface area (Å²) < 4.78 is 4.91. The molecule has 1 rings (SSSR count). The molecule has 54 valence electrons. The predicted molar refractivity (Wildman–Crippen MR) is 38.5 cm³/mol. The Balaban J connectivity index is 2.93. The number of halogens is 1. The average Bonchev–Trinajstić information content (AvgIpc) is 2.34. The molecule has 0 fully saturated rings. The molecule has 0 aromatic carbocycles. The summed E-state index contributed by atoms with van der Waals surface area (Å²) in [7, 11) is 0. The van der Waals surface area contributed by atoms with E-state index in [1.165, 1.54) is 6.26 Å². The normalized spacial score (nSPS) is 9.80. The summed E-state index contributed by atoms with van der Waals surface area (Å²) in [6.07, 6.45) is 1.48. The molecule has 1 heterocycles. The number of carbonyl (C=O) groups is 1. The third-order valence-corrected chi connectivity index (χ3v) is 1.52. The molecule has 0 unspecified atom stereocenters. The van der Waals surface area contributed by atoms with Crippen LogP contribution >= 0.6 is 11.6 Å². The second-order valence-corrected chi connectivity index (χ2v) is 2.21. The SMILES string of the molecule is Cc1occc1C(=O)CCl. The van der Waals surface area contributed by atoms with Crippen molar-refractivity contribution in [2.75, 3.05) is 5.88 Å². The minimum absolute atomic E-state index is 0.0143. The Hall–Kier alpha value is -0.760. The third-order valence-electron chi connectivity index (χ3n) is 1.28. The molecule has 0 amide bonds. The van der Waals surface area contributed by atoms with Gasteiger partial charge in [0.1, 0.15) is 5.76 Å². The highest BCUT2D eigenvalue weighted by atomic mass is 35.5. The fourth-order valence-corrected chi connectivity index (χ4v) is 0.890. The van der Waals surface area contributed by atoms with Crippen molar-refractivity contribution >= 4 is 17.4 Å². The van der Waals surface area contributed by atoms with Gasteiger partial charge in [0.05, 0.1) is 17.7 Å². The van der Waals surface area contributed by atoms with E-state index in [1.807, 2.05) is 0 Å². The van der Waals surface area contributed by atoms with Crippen molar-refractivity contribution in [3.8, 4) is 0 Å². The second kappa shape index (κ2) is 2.88. The molecule has 1 aromatic rings. The summed E-state index contributed by atoms with van der Waals surface area (Å²) in [4.78, 5) is 10.9. The van der Waals surface area contributed by atoms with Crippen molar-refractivity contribution < 1.29 is 9.21 Å². The monoisotopic (exact) mass is 158 g/mol. The summed E-state index contributed by atoms with van der Waals surface area (Å²) in [5, 5.41) is 0. The van der Waals surface area contributed by atoms with Gasteiger partial charge < -0.3 is 4.42 Å². The molecule has 3 heteroatoms. The lowest BCUT2D eigenvalue weighted by atomic mass is 10.2. The Morgan fingerprint density at radius 2 is 2.50 bits per heavy atom. The summed E-state index contributed by atoms with van der Waals surface area (Å²) in [6.45, 7) is 1.74. The number of Topliss-reactive ketones (excluding diaryl/α,β-unsaturated/α-hetero) is 1. The summed E-state index contributed by atoms with van der Waals surface area (Å²) in [5.41, 5.74) is 0.579. The highest BCUT2D eigenvalue weighted by Gasteiger charge is 2.08. The van der Waals surface area contributed by atoms with Crippen LogP contribution in [-0.4, -0.2) is 11.7 Å². The van der Waals surface area contributed by atoms with Crippen LogP contribution in [0.3, 0.4) is 0 Å². The summed E-state index contributed by atoms with van der Waals surface area (Å²) in [6, 6.07) is 1.63. The van der Waals surface area contributed by atoms with E-state index in [9.17, 15) is 4.79 Å². The van der Waals surface area contributed by atoms with E-state index >= 15 is 0 Å². The first-order chi connectivity index (χ1) is 4.75. The molecule has 0 N–H and O–H groups in total. The van der Waals surface area contributed by atoms with Gasteiger partial charge >= 0.3 is 0 Å². The van der Waals surface area contributed by atoms with E-state index < -0.39 is 0 Å². The number of rotatable bonds is 2. The average molecular weight is 159 g/mol. The molecule has 0 saturated carbocycles. The third kappa shape index (κ3) is 1.21. The number of ketones is 1. The predicted octanol–water partition coefficient (Wildman–Crippen LogP) is 2.01. The van der Waals surface area contributed by atoms with E-state index in [1.54, 1.807) is 13.0 Å². The van der Waals surface area contributed by atoms with E-state index in [2.05, 4.69) is 0 Å². The number of hydrogen-bond acceptors (Lipinski definition) is 2. The smallest absolute Gasteiger partial charge is 0.181 e. The van der Waals surface area contributed by atoms with E-state index in [4.69, 9.17) is 16.0 Å². The molecule has 0 radical (unpaired) electrons. The van der Waals surface area contributed by atoms with Gasteiger partial charge in [0.15, 0.2) is 5.78 Å². The maximum absolute atomic E-state index is 10.9. The van der Waals surface area contributed by atoms with Crippen LogP contribution in [0, 0.1) is 6.92 Å². The molecule has 1 aromatic heterocycles. The van der Waals surface area contributed by atoms with Crippen LogP contribution in [0.4, 0.5) is 0 Å². The quantitative estimate of drug-likeness (QED) is 0.487. The standard InChI is InChI=1S/C7H7ClO2/c1-5-6(2-3-10-5)7(9)4-8/h2-3H,4H2,1H3. The van der Waals surface area contributed by atoms with E-state index in [0.29, 0.717) is 11.3 Å². The number of alkyl halides is 1. The van der Waals surface area contributed by atoms with Gasteiger partial charge in [-0.3, -0.25) is 4.79 Å². The maximum Gasteiger partial charge on any atom is 0.181 e. The Kier molecular flexibility index (Phi) is 2.12. The highest BCUT2D eigenvalue weighted by Crippen LogP contribution is 2.09. The summed E-state index contributed by atoms with van der Waals surface area (Å²) >= 11 is 5.32. The lowest BCUT2D eigenvalue weighted by Crippen LogP contribution is -1.99. The Labute approximate surface area is 63.8 Å². The molecule has 0 aliphatic heterocycles. The lowest BCUT2D eigenvalue weighted by molar-refractivity contribution is 0.101. The molecule has 0 bridgehead atoms. The number of furan rings is 1. The van der Waals surface area contributed by atoms with Gasteiger partial charge in [0.2, 0.25) is 0 Å². The van der Waals surface area contributed by atoms with Crippen LogP contribution in [0.25, 0.3) is 0 Å². The van der Waals surface area contributed by atoms with Gasteiger partial charge in [-0.2, -0.15) is 0 Å². The Morgan fingerprint density at radius 3 is 2.90 bits per heavy atom. The molecular weight excluding hydrogens is 152 g/mol. The van der Waals surface area contributed by atoms with Crippen molar-refractivity contribution in [3.05, 3.63) is 23.7 Å². The van der Waals surface area contributed by atoms with Crippen LogP contribution in [0.1, 0.15) is 16.1 Å². The first-order valence-electron chi connectivity index (χ1n) is 2.89. The van der Waals surface area contributed by atoms with Crippen molar-refractivity contribution in [1.29, 1.82) is 0 Å². The van der Waals surface area contributed by atoms with Crippen LogP contribution in [0.2, 0.25) is 0 Å². The number of carbonyl (C=O) groups excluding carboxylic acids is 1. The molecule has 0 saturated heterocycles. The Bertz CT molecular complexity index is 240. The van der Waals surface area contributed by atoms with Crippen LogP contribution in [-0.2, 0) is 0 Å². The zero-order valence-electron chi connectivity index (χ0n) is 5.56. The minimum atomic E-state index is -0.0899. The molecule has 0 spiro atoms. The minimum Gasteiger partial charge on any atom is -0.469 e. The van der Waals surface area contributed by atoms with Gasteiger partial charge in [-0.1, -0.05) is 0 Å². The van der Waals surface area contributed by atoms with Crippen molar-refractivity contribution in [2.24, 2.45) is 0 Å². The molecule has 0 atom stereocenters. The fraction of sp³-hybridized carbons (Fsp3) is 0.286. The van der Waals surface area contributed by atoms with Crippen LogP contribution in [0.15, 0.2) is 16.7 Å².